The van der Waals surface area contributed by atoms with Crippen LogP contribution in [-0.2, 0) is 12.6 Å². The highest BCUT2D eigenvalue weighted by molar-refractivity contribution is 6.31. The molecule has 2 nitrogen and oxygen atoms in total. The summed E-state index contributed by atoms with van der Waals surface area (Å²) in [6.07, 6.45) is -5.06. The summed E-state index contributed by atoms with van der Waals surface area (Å²) in [7, 11) is 0. The van der Waals surface area contributed by atoms with Crippen molar-refractivity contribution in [2.75, 3.05) is 0 Å². The van der Waals surface area contributed by atoms with Crippen LogP contribution in [0.25, 0.3) is 0 Å². The average molecular weight is 320 g/mol. The number of rotatable bonds is 3. The van der Waals surface area contributed by atoms with Crippen molar-refractivity contribution in [3.63, 3.8) is 0 Å². The third-order valence-corrected chi connectivity index (χ3v) is 3.24. The zero-order valence-corrected chi connectivity index (χ0v) is 11.3. The smallest absolute Gasteiger partial charge is 0.386 e. The average Bonchev–Trinajstić information content (AvgIpc) is 2.42. The van der Waals surface area contributed by atoms with Crippen molar-refractivity contribution in [3.8, 4) is 0 Å². The molecule has 112 valence electrons. The predicted octanol–water partition coefficient (Wildman–Crippen LogP) is 4.17. The molecule has 0 spiro atoms. The predicted molar refractivity (Wildman–Crippen MR) is 69.3 cm³/mol. The Morgan fingerprint density at radius 1 is 1.19 bits per heavy atom. The Morgan fingerprint density at radius 3 is 2.48 bits per heavy atom. The van der Waals surface area contributed by atoms with Gasteiger partial charge in [0.1, 0.15) is 5.82 Å². The molecule has 0 aliphatic carbocycles. The van der Waals surface area contributed by atoms with E-state index < -0.39 is 23.7 Å². The second-order valence-electron chi connectivity index (χ2n) is 4.43. The molecule has 1 atom stereocenters. The summed E-state index contributed by atoms with van der Waals surface area (Å²) in [5.41, 5.74) is -0.489. The lowest BCUT2D eigenvalue weighted by Gasteiger charge is -2.13. The Morgan fingerprint density at radius 2 is 1.90 bits per heavy atom. The second kappa shape index (κ2) is 5.99. The number of benzene rings is 1. The number of alkyl halides is 3. The molecule has 2 rings (SSSR count). The summed E-state index contributed by atoms with van der Waals surface area (Å²) >= 11 is 5.87. The van der Waals surface area contributed by atoms with E-state index >= 15 is 0 Å². The number of halogens is 5. The topological polar surface area (TPSA) is 33.1 Å². The molecule has 0 aliphatic rings. The fourth-order valence-electron chi connectivity index (χ4n) is 1.78. The highest BCUT2D eigenvalue weighted by atomic mass is 35.5. The molecule has 0 saturated heterocycles. The molecular formula is C14H10ClF4NO. The molecule has 1 N–H and O–H groups in total. The molecule has 0 bridgehead atoms. The lowest BCUT2D eigenvalue weighted by molar-refractivity contribution is -0.137. The quantitative estimate of drug-likeness (QED) is 0.861. The fraction of sp³-hybridized carbons (Fsp3) is 0.214. The van der Waals surface area contributed by atoms with Crippen molar-refractivity contribution in [2.24, 2.45) is 0 Å². The Bertz CT molecular complexity index is 628. The highest BCUT2D eigenvalue weighted by Crippen LogP contribution is 2.29. The van der Waals surface area contributed by atoms with Gasteiger partial charge in [-0.15, -0.1) is 0 Å². The Balaban J connectivity index is 2.17. The van der Waals surface area contributed by atoms with E-state index in [1.807, 2.05) is 0 Å². The van der Waals surface area contributed by atoms with Gasteiger partial charge >= 0.3 is 6.18 Å². The van der Waals surface area contributed by atoms with E-state index in [0.29, 0.717) is 11.8 Å². The molecule has 1 heterocycles. The first-order valence-electron chi connectivity index (χ1n) is 5.92. The van der Waals surface area contributed by atoms with Crippen molar-refractivity contribution < 1.29 is 22.7 Å². The number of nitrogens with zero attached hydrogens (tertiary/aromatic N) is 1. The SMILES string of the molecule is OC(Cc1cc(F)ccc1Cl)c1ccc(C(F)(F)F)cn1. The molecule has 1 aromatic heterocycles. The highest BCUT2D eigenvalue weighted by Gasteiger charge is 2.30. The number of pyridine rings is 1. The molecule has 0 aliphatic heterocycles. The molecule has 0 radical (unpaired) electrons. The van der Waals surface area contributed by atoms with Crippen LogP contribution >= 0.6 is 11.6 Å². The van der Waals surface area contributed by atoms with Crippen LogP contribution in [0.3, 0.4) is 0 Å². The third kappa shape index (κ3) is 3.92. The molecule has 0 fully saturated rings. The minimum Gasteiger partial charge on any atom is -0.386 e. The van der Waals surface area contributed by atoms with Gasteiger partial charge < -0.3 is 5.11 Å². The van der Waals surface area contributed by atoms with E-state index in [-0.39, 0.29) is 17.1 Å². The molecule has 7 heteroatoms. The van der Waals surface area contributed by atoms with Crippen LogP contribution in [-0.4, -0.2) is 10.1 Å². The van der Waals surface area contributed by atoms with Gasteiger partial charge in [0.05, 0.1) is 17.4 Å². The molecule has 0 amide bonds. The van der Waals surface area contributed by atoms with E-state index in [9.17, 15) is 22.7 Å². The van der Waals surface area contributed by atoms with Crippen LogP contribution < -0.4 is 0 Å². The molecule has 1 unspecified atom stereocenters. The van der Waals surface area contributed by atoms with Gasteiger partial charge in [0.15, 0.2) is 0 Å². The number of aromatic nitrogens is 1. The number of aliphatic hydroxyl groups is 1. The van der Waals surface area contributed by atoms with Gasteiger partial charge in [0.2, 0.25) is 0 Å². The minimum absolute atomic E-state index is 0.0467. The van der Waals surface area contributed by atoms with Gasteiger partial charge in [-0.1, -0.05) is 11.6 Å². The van der Waals surface area contributed by atoms with Gasteiger partial charge in [-0.2, -0.15) is 13.2 Å². The molecular weight excluding hydrogens is 310 g/mol. The van der Waals surface area contributed by atoms with Crippen LogP contribution in [0, 0.1) is 5.82 Å². The summed E-state index contributed by atoms with van der Waals surface area (Å²) in [4.78, 5) is 3.59. The second-order valence-corrected chi connectivity index (χ2v) is 4.83. The first-order chi connectivity index (χ1) is 9.77. The van der Waals surface area contributed by atoms with Gasteiger partial charge in [0.25, 0.3) is 0 Å². The lowest BCUT2D eigenvalue weighted by Crippen LogP contribution is -2.09. The van der Waals surface area contributed by atoms with E-state index in [1.165, 1.54) is 12.1 Å². The first-order valence-corrected chi connectivity index (χ1v) is 6.30. The van der Waals surface area contributed by atoms with Crippen LogP contribution in [0.1, 0.15) is 22.9 Å². The van der Waals surface area contributed by atoms with Crippen molar-refractivity contribution in [1.29, 1.82) is 0 Å². The molecule has 1 aromatic carbocycles. The first kappa shape index (κ1) is 15.7. The summed E-state index contributed by atoms with van der Waals surface area (Å²) in [5, 5.41) is 10.2. The molecule has 2 aromatic rings. The lowest BCUT2D eigenvalue weighted by atomic mass is 10.0. The maximum Gasteiger partial charge on any atom is 0.417 e. The zero-order valence-electron chi connectivity index (χ0n) is 10.5. The summed E-state index contributed by atoms with van der Waals surface area (Å²) < 4.78 is 50.3. The Kier molecular flexibility index (Phi) is 4.49. The van der Waals surface area contributed by atoms with Crippen molar-refractivity contribution >= 4 is 11.6 Å². The maximum atomic E-state index is 13.1. The normalized spacial score (nSPS) is 13.2. The van der Waals surface area contributed by atoms with Crippen molar-refractivity contribution in [3.05, 3.63) is 64.2 Å². The zero-order chi connectivity index (χ0) is 15.6. The standard InChI is InChI=1S/C14H10ClF4NO/c15-11-3-2-10(16)5-8(11)6-13(21)12-4-1-9(7-20-12)14(17,18)19/h1-5,7,13,21H,6H2. The summed E-state index contributed by atoms with van der Waals surface area (Å²) in [6.45, 7) is 0. The van der Waals surface area contributed by atoms with Crippen LogP contribution in [0.5, 0.6) is 0 Å². The van der Waals surface area contributed by atoms with Crippen LogP contribution in [0.2, 0.25) is 5.02 Å². The molecule has 21 heavy (non-hydrogen) atoms. The number of hydrogen-bond acceptors (Lipinski definition) is 2. The fourth-order valence-corrected chi connectivity index (χ4v) is 1.98. The number of aliphatic hydroxyl groups excluding tert-OH is 1. The van der Waals surface area contributed by atoms with Crippen LogP contribution in [0.4, 0.5) is 17.6 Å². The maximum absolute atomic E-state index is 13.1. The van der Waals surface area contributed by atoms with E-state index in [0.717, 1.165) is 18.2 Å². The van der Waals surface area contributed by atoms with E-state index in [1.54, 1.807) is 0 Å². The monoisotopic (exact) mass is 319 g/mol. The summed E-state index contributed by atoms with van der Waals surface area (Å²) in [6, 6.07) is 5.60. The van der Waals surface area contributed by atoms with E-state index in [4.69, 9.17) is 11.6 Å². The largest absolute Gasteiger partial charge is 0.417 e. The van der Waals surface area contributed by atoms with Crippen LogP contribution in [0.15, 0.2) is 36.5 Å². The van der Waals surface area contributed by atoms with Gasteiger partial charge in [0, 0.05) is 17.6 Å². The van der Waals surface area contributed by atoms with Gasteiger partial charge in [-0.05, 0) is 35.9 Å². The van der Waals surface area contributed by atoms with Gasteiger partial charge in [-0.3, -0.25) is 4.98 Å². The van der Waals surface area contributed by atoms with Crippen molar-refractivity contribution in [2.45, 2.75) is 18.7 Å². The van der Waals surface area contributed by atoms with Gasteiger partial charge in [-0.25, -0.2) is 4.39 Å². The molecule has 0 saturated carbocycles. The summed E-state index contributed by atoms with van der Waals surface area (Å²) in [5.74, 6) is -0.512. The Hall–Kier alpha value is -1.66. The van der Waals surface area contributed by atoms with E-state index in [2.05, 4.69) is 4.98 Å². The number of hydrogen-bond donors (Lipinski definition) is 1. The minimum atomic E-state index is -4.48. The Labute approximate surface area is 123 Å². The third-order valence-electron chi connectivity index (χ3n) is 2.88. The van der Waals surface area contributed by atoms with Crippen molar-refractivity contribution in [1.82, 2.24) is 4.98 Å².